The van der Waals surface area contributed by atoms with Crippen LogP contribution < -0.4 is 11.1 Å². The summed E-state index contributed by atoms with van der Waals surface area (Å²) in [5, 5.41) is 3.35. The van der Waals surface area contributed by atoms with Gasteiger partial charge < -0.3 is 11.1 Å². The number of nitrogens with one attached hydrogen (secondary N) is 1. The molecule has 0 bridgehead atoms. The second kappa shape index (κ2) is 5.23. The molecule has 0 fully saturated rings. The SMILES string of the molecule is Cc1ccc(Br)cc1CNc1ccccc1N. The van der Waals surface area contributed by atoms with E-state index in [1.54, 1.807) is 0 Å². The normalized spacial score (nSPS) is 10.2. The van der Waals surface area contributed by atoms with Crippen molar-refractivity contribution >= 4 is 27.3 Å². The summed E-state index contributed by atoms with van der Waals surface area (Å²) in [6.07, 6.45) is 0. The van der Waals surface area contributed by atoms with Crippen LogP contribution in [-0.2, 0) is 6.54 Å². The first-order chi connectivity index (χ1) is 8.16. The van der Waals surface area contributed by atoms with Gasteiger partial charge in [0, 0.05) is 11.0 Å². The van der Waals surface area contributed by atoms with E-state index >= 15 is 0 Å². The van der Waals surface area contributed by atoms with Gasteiger partial charge in [0.15, 0.2) is 0 Å². The van der Waals surface area contributed by atoms with Crippen LogP contribution in [-0.4, -0.2) is 0 Å². The highest BCUT2D eigenvalue weighted by atomic mass is 79.9. The molecule has 0 aromatic heterocycles. The lowest BCUT2D eigenvalue weighted by Gasteiger charge is -2.11. The van der Waals surface area contributed by atoms with Gasteiger partial charge in [0.2, 0.25) is 0 Å². The van der Waals surface area contributed by atoms with Crippen LogP contribution in [0.15, 0.2) is 46.9 Å². The van der Waals surface area contributed by atoms with Gasteiger partial charge in [-0.3, -0.25) is 0 Å². The first-order valence-electron chi connectivity index (χ1n) is 5.50. The lowest BCUT2D eigenvalue weighted by atomic mass is 10.1. The zero-order valence-electron chi connectivity index (χ0n) is 9.70. The van der Waals surface area contributed by atoms with E-state index in [9.17, 15) is 0 Å². The van der Waals surface area contributed by atoms with Crippen molar-refractivity contribution in [1.82, 2.24) is 0 Å². The highest BCUT2D eigenvalue weighted by Crippen LogP contribution is 2.20. The molecule has 0 aliphatic rings. The summed E-state index contributed by atoms with van der Waals surface area (Å²) in [6.45, 7) is 2.89. The molecular weight excluding hydrogens is 276 g/mol. The van der Waals surface area contributed by atoms with Crippen LogP contribution >= 0.6 is 15.9 Å². The quantitative estimate of drug-likeness (QED) is 0.840. The molecule has 0 saturated carbocycles. The summed E-state index contributed by atoms with van der Waals surface area (Å²) < 4.78 is 1.10. The maximum atomic E-state index is 5.88. The van der Waals surface area contributed by atoms with Crippen molar-refractivity contribution in [2.45, 2.75) is 13.5 Å². The van der Waals surface area contributed by atoms with Crippen LogP contribution in [0.1, 0.15) is 11.1 Å². The third-order valence-corrected chi connectivity index (χ3v) is 3.23. The van der Waals surface area contributed by atoms with E-state index in [2.05, 4.69) is 46.4 Å². The molecule has 2 nitrogen and oxygen atoms in total. The molecular formula is C14H15BrN2. The molecule has 0 spiro atoms. The van der Waals surface area contributed by atoms with Crippen LogP contribution in [0.3, 0.4) is 0 Å². The van der Waals surface area contributed by atoms with Crippen LogP contribution in [0.2, 0.25) is 0 Å². The Labute approximate surface area is 110 Å². The van der Waals surface area contributed by atoms with Crippen molar-refractivity contribution in [2.24, 2.45) is 0 Å². The van der Waals surface area contributed by atoms with E-state index in [1.807, 2.05) is 24.3 Å². The topological polar surface area (TPSA) is 38.0 Å². The molecule has 2 aromatic rings. The van der Waals surface area contributed by atoms with Crippen LogP contribution in [0.4, 0.5) is 11.4 Å². The number of anilines is 2. The fraction of sp³-hybridized carbons (Fsp3) is 0.143. The highest BCUT2D eigenvalue weighted by Gasteiger charge is 2.01. The van der Waals surface area contributed by atoms with E-state index < -0.39 is 0 Å². The van der Waals surface area contributed by atoms with Gasteiger partial charge in [-0.05, 0) is 42.3 Å². The lowest BCUT2D eigenvalue weighted by Crippen LogP contribution is -2.03. The van der Waals surface area contributed by atoms with Crippen molar-refractivity contribution in [1.29, 1.82) is 0 Å². The molecule has 0 aliphatic heterocycles. The van der Waals surface area contributed by atoms with E-state index in [0.29, 0.717) is 0 Å². The summed E-state index contributed by atoms with van der Waals surface area (Å²) in [7, 11) is 0. The first kappa shape index (κ1) is 12.0. The predicted octanol–water partition coefficient (Wildman–Crippen LogP) is 3.95. The van der Waals surface area contributed by atoms with Gasteiger partial charge in [0.1, 0.15) is 0 Å². The van der Waals surface area contributed by atoms with Gasteiger partial charge in [-0.15, -0.1) is 0 Å². The fourth-order valence-corrected chi connectivity index (χ4v) is 2.09. The third-order valence-electron chi connectivity index (χ3n) is 2.74. The van der Waals surface area contributed by atoms with Gasteiger partial charge in [-0.2, -0.15) is 0 Å². The van der Waals surface area contributed by atoms with Gasteiger partial charge >= 0.3 is 0 Å². The lowest BCUT2D eigenvalue weighted by molar-refractivity contribution is 1.12. The second-order valence-electron chi connectivity index (χ2n) is 4.01. The minimum atomic E-state index is 0.777. The Morgan fingerprint density at radius 1 is 1.18 bits per heavy atom. The number of hydrogen-bond acceptors (Lipinski definition) is 2. The van der Waals surface area contributed by atoms with Crippen molar-refractivity contribution in [3.8, 4) is 0 Å². The largest absolute Gasteiger partial charge is 0.397 e. The number of benzene rings is 2. The Kier molecular flexibility index (Phi) is 3.69. The monoisotopic (exact) mass is 290 g/mol. The molecule has 17 heavy (non-hydrogen) atoms. The minimum absolute atomic E-state index is 0.777. The van der Waals surface area contributed by atoms with Crippen molar-refractivity contribution in [3.05, 3.63) is 58.1 Å². The molecule has 0 aliphatic carbocycles. The molecule has 2 aromatic carbocycles. The molecule has 0 atom stereocenters. The molecule has 3 N–H and O–H groups in total. The molecule has 3 heteroatoms. The van der Waals surface area contributed by atoms with Crippen molar-refractivity contribution < 1.29 is 0 Å². The zero-order chi connectivity index (χ0) is 12.3. The summed E-state index contributed by atoms with van der Waals surface area (Å²) in [5.41, 5.74) is 10.2. The van der Waals surface area contributed by atoms with E-state index in [4.69, 9.17) is 5.73 Å². The number of nitrogen functional groups attached to an aromatic ring is 1. The number of rotatable bonds is 3. The van der Waals surface area contributed by atoms with Crippen molar-refractivity contribution in [3.63, 3.8) is 0 Å². The number of aryl methyl sites for hydroxylation is 1. The molecule has 0 heterocycles. The maximum absolute atomic E-state index is 5.88. The molecule has 0 amide bonds. The summed E-state index contributed by atoms with van der Waals surface area (Å²) >= 11 is 3.48. The molecule has 2 rings (SSSR count). The molecule has 0 radical (unpaired) electrons. The third kappa shape index (κ3) is 3.01. The zero-order valence-corrected chi connectivity index (χ0v) is 11.3. The first-order valence-corrected chi connectivity index (χ1v) is 6.29. The number of hydrogen-bond donors (Lipinski definition) is 2. The van der Waals surface area contributed by atoms with Gasteiger partial charge in [-0.25, -0.2) is 0 Å². The van der Waals surface area contributed by atoms with Crippen molar-refractivity contribution in [2.75, 3.05) is 11.1 Å². The Bertz CT molecular complexity index is 523. The van der Waals surface area contributed by atoms with Gasteiger partial charge in [0.05, 0.1) is 11.4 Å². The molecule has 0 unspecified atom stereocenters. The predicted molar refractivity (Wildman–Crippen MR) is 77.1 cm³/mol. The van der Waals surface area contributed by atoms with Crippen LogP contribution in [0.5, 0.6) is 0 Å². The average Bonchev–Trinajstić information content (AvgIpc) is 2.32. The van der Waals surface area contributed by atoms with E-state index in [-0.39, 0.29) is 0 Å². The Morgan fingerprint density at radius 3 is 2.71 bits per heavy atom. The van der Waals surface area contributed by atoms with E-state index in [0.717, 1.165) is 22.4 Å². The summed E-state index contributed by atoms with van der Waals surface area (Å²) in [6, 6.07) is 14.1. The Balaban J connectivity index is 2.12. The van der Waals surface area contributed by atoms with E-state index in [1.165, 1.54) is 11.1 Å². The van der Waals surface area contributed by atoms with Gasteiger partial charge in [-0.1, -0.05) is 34.1 Å². The Morgan fingerprint density at radius 2 is 1.94 bits per heavy atom. The second-order valence-corrected chi connectivity index (χ2v) is 4.93. The summed E-state index contributed by atoms with van der Waals surface area (Å²) in [4.78, 5) is 0. The number of para-hydroxylation sites is 2. The highest BCUT2D eigenvalue weighted by molar-refractivity contribution is 9.10. The average molecular weight is 291 g/mol. The number of nitrogens with two attached hydrogens (primary N) is 1. The van der Waals surface area contributed by atoms with Gasteiger partial charge in [0.25, 0.3) is 0 Å². The maximum Gasteiger partial charge on any atom is 0.0576 e. The standard InChI is InChI=1S/C14H15BrN2/c1-10-6-7-12(15)8-11(10)9-17-14-5-3-2-4-13(14)16/h2-8,17H,9,16H2,1H3. The smallest absolute Gasteiger partial charge is 0.0576 e. The fourth-order valence-electron chi connectivity index (χ4n) is 1.68. The summed E-state index contributed by atoms with van der Waals surface area (Å²) in [5.74, 6) is 0. The minimum Gasteiger partial charge on any atom is -0.397 e. The molecule has 0 saturated heterocycles. The number of halogens is 1. The van der Waals surface area contributed by atoms with Crippen LogP contribution in [0, 0.1) is 6.92 Å². The molecule has 88 valence electrons. The Hall–Kier alpha value is -1.48. The van der Waals surface area contributed by atoms with Crippen LogP contribution in [0.25, 0.3) is 0 Å².